The summed E-state index contributed by atoms with van der Waals surface area (Å²) in [4.78, 5) is 31.5. The molecule has 0 fully saturated rings. The number of fused-ring (bicyclic) bond motifs is 1. The summed E-state index contributed by atoms with van der Waals surface area (Å²) in [7, 11) is 1.60. The normalized spacial score (nSPS) is 15.7. The van der Waals surface area contributed by atoms with Crippen LogP contribution in [0.1, 0.15) is 47.1 Å². The van der Waals surface area contributed by atoms with Crippen molar-refractivity contribution < 1.29 is 23.5 Å². The van der Waals surface area contributed by atoms with Gasteiger partial charge in [-0.1, -0.05) is 19.1 Å². The smallest absolute Gasteiger partial charge is 0.254 e. The highest BCUT2D eigenvalue weighted by Crippen LogP contribution is 2.34. The fourth-order valence-electron chi connectivity index (χ4n) is 4.41. The molecular weight excluding hydrogens is 479 g/mol. The van der Waals surface area contributed by atoms with Crippen molar-refractivity contribution in [1.29, 1.82) is 0 Å². The van der Waals surface area contributed by atoms with Crippen LogP contribution in [0, 0.1) is 5.82 Å². The van der Waals surface area contributed by atoms with Crippen molar-refractivity contribution in [1.82, 2.24) is 9.80 Å². The molecule has 0 bridgehead atoms. The van der Waals surface area contributed by atoms with Gasteiger partial charge in [-0.25, -0.2) is 4.39 Å². The molecule has 2 amide bonds. The summed E-state index contributed by atoms with van der Waals surface area (Å²) in [6, 6.07) is 14.6. The number of hydrogen-bond acceptors (Lipinski definition) is 5. The Bertz CT molecular complexity index is 1210. The van der Waals surface area contributed by atoms with Crippen molar-refractivity contribution in [2.24, 2.45) is 0 Å². The predicted octanol–water partition coefficient (Wildman–Crippen LogP) is 5.34. The van der Waals surface area contributed by atoms with Gasteiger partial charge in [-0.3, -0.25) is 9.59 Å². The molecule has 2 heterocycles. The van der Waals surface area contributed by atoms with E-state index in [2.05, 4.69) is 0 Å². The molecule has 0 N–H and O–H groups in total. The van der Waals surface area contributed by atoms with Crippen LogP contribution in [0.2, 0.25) is 0 Å². The number of rotatable bonds is 9. The number of ether oxygens (including phenoxy) is 2. The number of amides is 2. The first kappa shape index (κ1) is 25.7. The second-order valence-corrected chi connectivity index (χ2v) is 9.84. The summed E-state index contributed by atoms with van der Waals surface area (Å²) in [5.41, 5.74) is 1.31. The van der Waals surface area contributed by atoms with Crippen molar-refractivity contribution in [2.75, 3.05) is 26.8 Å². The Morgan fingerprint density at radius 3 is 2.69 bits per heavy atom. The summed E-state index contributed by atoms with van der Waals surface area (Å²) in [6.07, 6.45) is 1.43. The molecule has 2 aromatic carbocycles. The van der Waals surface area contributed by atoms with Gasteiger partial charge in [0, 0.05) is 29.1 Å². The number of benzene rings is 2. The van der Waals surface area contributed by atoms with Gasteiger partial charge >= 0.3 is 0 Å². The Morgan fingerprint density at radius 1 is 1.17 bits per heavy atom. The minimum absolute atomic E-state index is 0.0838. The third-order valence-electron chi connectivity index (χ3n) is 6.63. The fourth-order valence-corrected chi connectivity index (χ4v) is 5.34. The van der Waals surface area contributed by atoms with Crippen LogP contribution in [0.25, 0.3) is 0 Å². The van der Waals surface area contributed by atoms with Crippen molar-refractivity contribution in [3.63, 3.8) is 0 Å². The van der Waals surface area contributed by atoms with Crippen molar-refractivity contribution >= 4 is 23.2 Å². The molecule has 8 heteroatoms. The van der Waals surface area contributed by atoms with Crippen LogP contribution in [-0.2, 0) is 11.2 Å². The highest BCUT2D eigenvalue weighted by atomic mass is 32.1. The Morgan fingerprint density at radius 2 is 1.94 bits per heavy atom. The summed E-state index contributed by atoms with van der Waals surface area (Å²) < 4.78 is 25.2. The molecule has 0 aliphatic carbocycles. The molecule has 3 aromatic rings. The lowest BCUT2D eigenvalue weighted by atomic mass is 10.00. The maximum Gasteiger partial charge on any atom is 0.254 e. The summed E-state index contributed by atoms with van der Waals surface area (Å²) >= 11 is 1.68. The first-order chi connectivity index (χ1) is 17.4. The number of thiophene rings is 1. The van der Waals surface area contributed by atoms with Gasteiger partial charge in [-0.15, -0.1) is 11.3 Å². The van der Waals surface area contributed by atoms with Crippen LogP contribution in [0.3, 0.4) is 0 Å². The minimum Gasteiger partial charge on any atom is -0.497 e. The second-order valence-electron chi connectivity index (χ2n) is 8.84. The number of hydrogen-bond donors (Lipinski definition) is 0. The van der Waals surface area contributed by atoms with E-state index in [1.807, 2.05) is 54.5 Å². The number of nitrogens with zero attached hydrogens (tertiary/aromatic N) is 2. The maximum atomic E-state index is 13.8. The molecule has 0 spiro atoms. The van der Waals surface area contributed by atoms with E-state index < -0.39 is 5.82 Å². The first-order valence-electron chi connectivity index (χ1n) is 12.1. The largest absolute Gasteiger partial charge is 0.497 e. The second kappa shape index (κ2) is 11.6. The lowest BCUT2D eigenvalue weighted by Gasteiger charge is -2.38. The van der Waals surface area contributed by atoms with Gasteiger partial charge in [0.1, 0.15) is 30.5 Å². The third-order valence-corrected chi connectivity index (χ3v) is 7.62. The quantitative estimate of drug-likeness (QED) is 0.390. The van der Waals surface area contributed by atoms with E-state index in [4.69, 9.17) is 9.47 Å². The van der Waals surface area contributed by atoms with E-state index >= 15 is 0 Å². The van der Waals surface area contributed by atoms with E-state index in [0.717, 1.165) is 12.0 Å². The highest BCUT2D eigenvalue weighted by molar-refractivity contribution is 7.10. The van der Waals surface area contributed by atoms with Gasteiger partial charge in [0.05, 0.1) is 13.2 Å². The van der Waals surface area contributed by atoms with Crippen molar-refractivity contribution in [3.05, 3.63) is 81.8 Å². The van der Waals surface area contributed by atoms with Crippen molar-refractivity contribution in [3.8, 4) is 11.5 Å². The Labute approximate surface area is 215 Å². The topological polar surface area (TPSA) is 59.1 Å². The van der Waals surface area contributed by atoms with Gasteiger partial charge < -0.3 is 19.3 Å². The van der Waals surface area contributed by atoms with E-state index in [9.17, 15) is 14.0 Å². The zero-order valence-corrected chi connectivity index (χ0v) is 21.6. The van der Waals surface area contributed by atoms with Gasteiger partial charge in [0.15, 0.2) is 0 Å². The number of carbonyl (C=O) groups excluding carboxylic acids is 2. The van der Waals surface area contributed by atoms with Crippen molar-refractivity contribution in [2.45, 2.75) is 38.8 Å². The Balaban J connectivity index is 1.55. The van der Waals surface area contributed by atoms with Crippen LogP contribution >= 0.6 is 11.3 Å². The van der Waals surface area contributed by atoms with Crippen LogP contribution in [0.4, 0.5) is 4.39 Å². The molecule has 36 heavy (non-hydrogen) atoms. The van der Waals surface area contributed by atoms with E-state index in [-0.39, 0.29) is 42.6 Å². The van der Waals surface area contributed by atoms with E-state index in [1.165, 1.54) is 23.1 Å². The molecule has 2 atom stereocenters. The molecular formula is C28H31FN2O4S. The number of carbonyl (C=O) groups is 2. The lowest BCUT2D eigenvalue weighted by Crippen LogP contribution is -2.49. The molecule has 4 rings (SSSR count). The van der Waals surface area contributed by atoms with Crippen LogP contribution < -0.4 is 9.47 Å². The average Bonchev–Trinajstić information content (AvgIpc) is 3.38. The molecule has 0 unspecified atom stereocenters. The lowest BCUT2D eigenvalue weighted by molar-refractivity contribution is -0.136. The molecule has 0 radical (unpaired) electrons. The van der Waals surface area contributed by atoms with Crippen LogP contribution in [0.15, 0.2) is 60.0 Å². The number of halogens is 1. The van der Waals surface area contributed by atoms with Gasteiger partial charge in [-0.2, -0.15) is 0 Å². The molecule has 190 valence electrons. The van der Waals surface area contributed by atoms with Gasteiger partial charge in [0.25, 0.3) is 5.91 Å². The van der Waals surface area contributed by atoms with Gasteiger partial charge in [0.2, 0.25) is 5.91 Å². The fraction of sp³-hybridized carbons (Fsp3) is 0.357. The SMILES string of the molecule is CC[C@H](C)N(CC(=O)N1CCc2sccc2[C@H]1COc1cccc(OC)c1)C(=O)c1cccc(F)c1. The summed E-state index contributed by atoms with van der Waals surface area (Å²) in [5.74, 6) is 0.366. The monoisotopic (exact) mass is 510 g/mol. The Hall–Kier alpha value is -3.39. The predicted molar refractivity (Wildman–Crippen MR) is 138 cm³/mol. The zero-order chi connectivity index (χ0) is 25.7. The standard InChI is InChI=1S/C28H31FN2O4S/c1-4-19(2)31(28(33)20-7-5-8-21(29)15-20)17-27(32)30-13-11-26-24(12-14-36-26)25(30)18-35-23-10-6-9-22(16-23)34-3/h5-10,12,14-16,19,25H,4,11,13,17-18H2,1-3H3/t19-,25+/m0/s1. The van der Waals surface area contributed by atoms with Crippen LogP contribution in [0.5, 0.6) is 11.5 Å². The molecule has 1 aromatic heterocycles. The highest BCUT2D eigenvalue weighted by Gasteiger charge is 2.34. The molecule has 6 nitrogen and oxygen atoms in total. The average molecular weight is 511 g/mol. The molecule has 1 aliphatic rings. The summed E-state index contributed by atoms with van der Waals surface area (Å²) in [5, 5.41) is 2.04. The minimum atomic E-state index is -0.480. The molecule has 0 saturated heterocycles. The molecule has 0 saturated carbocycles. The Kier molecular flexibility index (Phi) is 8.25. The summed E-state index contributed by atoms with van der Waals surface area (Å²) in [6.45, 7) is 4.61. The molecule has 1 aliphatic heterocycles. The zero-order valence-electron chi connectivity index (χ0n) is 20.8. The van der Waals surface area contributed by atoms with E-state index in [0.29, 0.717) is 24.5 Å². The van der Waals surface area contributed by atoms with Gasteiger partial charge in [-0.05, 0) is 67.1 Å². The third kappa shape index (κ3) is 5.70. The number of methoxy groups -OCH3 is 1. The van der Waals surface area contributed by atoms with Crippen LogP contribution in [-0.4, -0.2) is 54.5 Å². The van der Waals surface area contributed by atoms with E-state index in [1.54, 1.807) is 29.4 Å². The first-order valence-corrected chi connectivity index (χ1v) is 13.0. The maximum absolute atomic E-state index is 13.8.